The fourth-order valence-electron chi connectivity index (χ4n) is 2.85. The Kier molecular flexibility index (Phi) is 7.45. The van der Waals surface area contributed by atoms with Gasteiger partial charge in [0.2, 0.25) is 5.91 Å². The maximum Gasteiger partial charge on any atom is 0.434 e. The van der Waals surface area contributed by atoms with Crippen LogP contribution < -0.4 is 5.32 Å². The maximum atomic E-state index is 12.4. The average molecular weight is 362 g/mol. The summed E-state index contributed by atoms with van der Waals surface area (Å²) in [5, 5.41) is 4.01. The Morgan fingerprint density at radius 2 is 1.77 bits per heavy atom. The van der Waals surface area contributed by atoms with Crippen LogP contribution in [0.25, 0.3) is 0 Å². The Balaban J connectivity index is 1.94. The van der Waals surface area contributed by atoms with Gasteiger partial charge in [0.15, 0.2) is 0 Å². The number of hydroxylamine groups is 2. The van der Waals surface area contributed by atoms with Crippen molar-refractivity contribution in [3.05, 3.63) is 35.9 Å². The summed E-state index contributed by atoms with van der Waals surface area (Å²) < 4.78 is 5.36. The number of carbonyl (C=O) groups excluding carboxylic acids is 2. The number of hydrogen-bond acceptors (Lipinski definition) is 4. The lowest BCUT2D eigenvalue weighted by Gasteiger charge is -2.28. The largest absolute Gasteiger partial charge is 0.442 e. The summed E-state index contributed by atoms with van der Waals surface area (Å²) >= 11 is 0. The van der Waals surface area contributed by atoms with E-state index in [2.05, 4.69) is 5.32 Å². The zero-order valence-electron chi connectivity index (χ0n) is 16.0. The Morgan fingerprint density at radius 1 is 1.12 bits per heavy atom. The molecule has 1 aliphatic carbocycles. The van der Waals surface area contributed by atoms with Gasteiger partial charge in [0.1, 0.15) is 18.8 Å². The summed E-state index contributed by atoms with van der Waals surface area (Å²) in [6.45, 7) is 5.35. The number of nitrogens with one attached hydrogen (secondary N) is 1. The van der Waals surface area contributed by atoms with E-state index in [1.807, 2.05) is 30.3 Å². The van der Waals surface area contributed by atoms with Gasteiger partial charge in [-0.15, -0.1) is 0 Å². The molecule has 144 valence electrons. The first-order valence-electron chi connectivity index (χ1n) is 9.30. The molecule has 0 heterocycles. The average Bonchev–Trinajstić information content (AvgIpc) is 2.58. The predicted molar refractivity (Wildman–Crippen MR) is 99.2 cm³/mol. The molecule has 0 spiro atoms. The van der Waals surface area contributed by atoms with Crippen molar-refractivity contribution < 1.29 is 19.2 Å². The molecule has 0 aromatic heterocycles. The predicted octanol–water partition coefficient (Wildman–Crippen LogP) is 3.80. The number of rotatable bonds is 6. The second-order valence-corrected chi connectivity index (χ2v) is 7.68. The molecule has 1 aromatic rings. The van der Waals surface area contributed by atoms with Crippen molar-refractivity contribution in [2.75, 3.05) is 6.54 Å². The molecule has 2 amide bonds. The van der Waals surface area contributed by atoms with Crippen molar-refractivity contribution in [3.63, 3.8) is 0 Å². The molecular weight excluding hydrogens is 332 g/mol. The third-order valence-electron chi connectivity index (χ3n) is 4.08. The standard InChI is InChI=1S/C20H30N2O4/c1-20(2,3)26-19(24)22(25-15-16-10-6-4-7-11-16)14-18(23)21-17-12-8-5-9-13-17/h4,6-7,10-11,17H,5,8-9,12-15H2,1-3H3,(H,21,23). The van der Waals surface area contributed by atoms with Crippen LogP contribution in [0.4, 0.5) is 4.79 Å². The van der Waals surface area contributed by atoms with Gasteiger partial charge >= 0.3 is 6.09 Å². The summed E-state index contributed by atoms with van der Waals surface area (Å²) in [5.41, 5.74) is 0.249. The monoisotopic (exact) mass is 362 g/mol. The lowest BCUT2D eigenvalue weighted by molar-refractivity contribution is -0.165. The van der Waals surface area contributed by atoms with Crippen molar-refractivity contribution >= 4 is 12.0 Å². The van der Waals surface area contributed by atoms with E-state index in [0.29, 0.717) is 0 Å². The lowest BCUT2D eigenvalue weighted by atomic mass is 9.95. The summed E-state index contributed by atoms with van der Waals surface area (Å²) in [7, 11) is 0. The molecule has 1 saturated carbocycles. The van der Waals surface area contributed by atoms with E-state index in [-0.39, 0.29) is 25.1 Å². The quantitative estimate of drug-likeness (QED) is 0.782. The normalized spacial score (nSPS) is 15.3. The van der Waals surface area contributed by atoms with E-state index in [0.717, 1.165) is 36.3 Å². The highest BCUT2D eigenvalue weighted by Gasteiger charge is 2.26. The topological polar surface area (TPSA) is 67.9 Å². The van der Waals surface area contributed by atoms with Crippen LogP contribution in [0.3, 0.4) is 0 Å². The molecule has 6 nitrogen and oxygen atoms in total. The minimum Gasteiger partial charge on any atom is -0.442 e. The van der Waals surface area contributed by atoms with E-state index in [4.69, 9.17) is 9.57 Å². The van der Waals surface area contributed by atoms with Crippen LogP contribution in [0.2, 0.25) is 0 Å². The summed E-state index contributed by atoms with van der Waals surface area (Å²) in [6.07, 6.45) is 4.80. The molecular formula is C20H30N2O4. The van der Waals surface area contributed by atoms with E-state index >= 15 is 0 Å². The van der Waals surface area contributed by atoms with Crippen molar-refractivity contribution in [1.82, 2.24) is 10.4 Å². The first-order valence-corrected chi connectivity index (χ1v) is 9.30. The number of ether oxygens (including phenoxy) is 1. The molecule has 1 aromatic carbocycles. The smallest absolute Gasteiger partial charge is 0.434 e. The highest BCUT2D eigenvalue weighted by molar-refractivity contribution is 5.82. The van der Waals surface area contributed by atoms with Gasteiger partial charge in [0.25, 0.3) is 0 Å². The Hall–Kier alpha value is -2.08. The Bertz CT molecular complexity index is 577. The third-order valence-corrected chi connectivity index (χ3v) is 4.08. The molecule has 1 fully saturated rings. The highest BCUT2D eigenvalue weighted by atomic mass is 16.7. The molecule has 0 saturated heterocycles. The molecule has 0 radical (unpaired) electrons. The Labute approximate surface area is 155 Å². The zero-order valence-corrected chi connectivity index (χ0v) is 16.0. The summed E-state index contributed by atoms with van der Waals surface area (Å²) in [4.78, 5) is 30.4. The molecule has 6 heteroatoms. The SMILES string of the molecule is CC(C)(C)OC(=O)N(CC(=O)NC1CCCCC1)OCc1ccccc1. The number of amides is 2. The minimum absolute atomic E-state index is 0.182. The number of hydrogen-bond donors (Lipinski definition) is 1. The zero-order chi connectivity index (χ0) is 19.0. The van der Waals surface area contributed by atoms with Crippen molar-refractivity contribution in [2.24, 2.45) is 0 Å². The first kappa shape index (κ1) is 20.2. The van der Waals surface area contributed by atoms with Crippen LogP contribution in [0, 0.1) is 0 Å². The van der Waals surface area contributed by atoms with Gasteiger partial charge < -0.3 is 10.1 Å². The molecule has 0 aliphatic heterocycles. The van der Waals surface area contributed by atoms with E-state index < -0.39 is 11.7 Å². The molecule has 1 N–H and O–H groups in total. The minimum atomic E-state index is -0.661. The van der Waals surface area contributed by atoms with Gasteiger partial charge in [-0.2, -0.15) is 5.06 Å². The van der Waals surface area contributed by atoms with Gasteiger partial charge in [-0.1, -0.05) is 49.6 Å². The Morgan fingerprint density at radius 3 is 2.38 bits per heavy atom. The number of nitrogens with zero attached hydrogens (tertiary/aromatic N) is 1. The second kappa shape index (κ2) is 9.57. The van der Waals surface area contributed by atoms with Crippen LogP contribution in [0.5, 0.6) is 0 Å². The van der Waals surface area contributed by atoms with Crippen molar-refractivity contribution in [3.8, 4) is 0 Å². The van der Waals surface area contributed by atoms with Crippen molar-refractivity contribution in [2.45, 2.75) is 71.1 Å². The highest BCUT2D eigenvalue weighted by Crippen LogP contribution is 2.17. The molecule has 0 unspecified atom stereocenters. The van der Waals surface area contributed by atoms with Crippen LogP contribution in [0.1, 0.15) is 58.4 Å². The fraction of sp³-hybridized carbons (Fsp3) is 0.600. The summed E-state index contributed by atoms with van der Waals surface area (Å²) in [6, 6.07) is 9.68. The molecule has 1 aliphatic rings. The van der Waals surface area contributed by atoms with Crippen LogP contribution in [0.15, 0.2) is 30.3 Å². The maximum absolute atomic E-state index is 12.4. The molecule has 0 atom stereocenters. The van der Waals surface area contributed by atoms with Gasteiger partial charge in [-0.25, -0.2) is 4.79 Å². The molecule has 26 heavy (non-hydrogen) atoms. The van der Waals surface area contributed by atoms with Gasteiger partial charge in [-0.05, 0) is 39.2 Å². The molecule has 2 rings (SSSR count). The van der Waals surface area contributed by atoms with Crippen LogP contribution in [-0.2, 0) is 21.0 Å². The fourth-order valence-corrected chi connectivity index (χ4v) is 2.85. The lowest BCUT2D eigenvalue weighted by Crippen LogP contribution is -2.46. The molecule has 0 bridgehead atoms. The van der Waals surface area contributed by atoms with Gasteiger partial charge in [0, 0.05) is 6.04 Å². The van der Waals surface area contributed by atoms with Crippen molar-refractivity contribution in [1.29, 1.82) is 0 Å². The number of benzene rings is 1. The second-order valence-electron chi connectivity index (χ2n) is 7.68. The van der Waals surface area contributed by atoms with Gasteiger partial charge in [0.05, 0.1) is 0 Å². The summed E-state index contributed by atoms with van der Waals surface area (Å²) in [5.74, 6) is -0.226. The van der Waals surface area contributed by atoms with E-state index in [1.54, 1.807) is 20.8 Å². The number of carbonyl (C=O) groups is 2. The third kappa shape index (κ3) is 7.44. The van der Waals surface area contributed by atoms with Crippen LogP contribution in [-0.4, -0.2) is 35.3 Å². The van der Waals surface area contributed by atoms with Crippen LogP contribution >= 0.6 is 0 Å². The first-order chi connectivity index (χ1) is 12.3. The van der Waals surface area contributed by atoms with E-state index in [1.165, 1.54) is 6.42 Å². The van der Waals surface area contributed by atoms with E-state index in [9.17, 15) is 9.59 Å². The van der Waals surface area contributed by atoms with Gasteiger partial charge in [-0.3, -0.25) is 9.63 Å².